The standard InChI is InChI=1S/C11H24N2O2S/c1-2-12-9-10-16(14,15)13-8-7-11-5-3-4-6-11/h11-13H,2-10H2,1H3. The fourth-order valence-corrected chi connectivity index (χ4v) is 3.16. The highest BCUT2D eigenvalue weighted by atomic mass is 32.2. The van der Waals surface area contributed by atoms with Gasteiger partial charge in [-0.1, -0.05) is 32.6 Å². The molecule has 16 heavy (non-hydrogen) atoms. The van der Waals surface area contributed by atoms with Crippen LogP contribution >= 0.6 is 0 Å². The number of hydrogen-bond donors (Lipinski definition) is 2. The number of rotatable bonds is 8. The molecule has 0 radical (unpaired) electrons. The third kappa shape index (κ3) is 5.82. The molecule has 0 amide bonds. The lowest BCUT2D eigenvalue weighted by Gasteiger charge is -2.10. The molecule has 1 aliphatic rings. The maximum Gasteiger partial charge on any atom is 0.212 e. The predicted molar refractivity (Wildman–Crippen MR) is 66.9 cm³/mol. The van der Waals surface area contributed by atoms with E-state index in [9.17, 15) is 8.42 Å². The van der Waals surface area contributed by atoms with Crippen LogP contribution in [0, 0.1) is 5.92 Å². The summed E-state index contributed by atoms with van der Waals surface area (Å²) in [4.78, 5) is 0. The second-order valence-electron chi connectivity index (χ2n) is 4.51. The molecule has 0 atom stereocenters. The van der Waals surface area contributed by atoms with Gasteiger partial charge >= 0.3 is 0 Å². The van der Waals surface area contributed by atoms with E-state index in [0.29, 0.717) is 13.1 Å². The average molecular weight is 248 g/mol. The third-order valence-corrected chi connectivity index (χ3v) is 4.53. The summed E-state index contributed by atoms with van der Waals surface area (Å²) in [6, 6.07) is 0. The van der Waals surface area contributed by atoms with E-state index in [-0.39, 0.29) is 5.75 Å². The van der Waals surface area contributed by atoms with Crippen molar-refractivity contribution in [1.82, 2.24) is 10.0 Å². The van der Waals surface area contributed by atoms with Gasteiger partial charge in [0.1, 0.15) is 0 Å². The fourth-order valence-electron chi connectivity index (χ4n) is 2.17. The van der Waals surface area contributed by atoms with Gasteiger partial charge in [-0.2, -0.15) is 0 Å². The van der Waals surface area contributed by atoms with Crippen molar-refractivity contribution in [3.05, 3.63) is 0 Å². The van der Waals surface area contributed by atoms with Crippen molar-refractivity contribution in [2.75, 3.05) is 25.4 Å². The maximum atomic E-state index is 11.5. The third-order valence-electron chi connectivity index (χ3n) is 3.15. The second-order valence-corrected chi connectivity index (χ2v) is 6.43. The van der Waals surface area contributed by atoms with Crippen molar-refractivity contribution in [2.45, 2.75) is 39.0 Å². The van der Waals surface area contributed by atoms with Gasteiger partial charge in [0.15, 0.2) is 0 Å². The van der Waals surface area contributed by atoms with Gasteiger partial charge < -0.3 is 5.32 Å². The van der Waals surface area contributed by atoms with Crippen molar-refractivity contribution in [3.63, 3.8) is 0 Å². The van der Waals surface area contributed by atoms with E-state index in [2.05, 4.69) is 10.0 Å². The Hall–Kier alpha value is -0.130. The second kappa shape index (κ2) is 7.25. The number of nitrogens with one attached hydrogen (secondary N) is 2. The van der Waals surface area contributed by atoms with Gasteiger partial charge in [-0.25, -0.2) is 13.1 Å². The molecular formula is C11H24N2O2S. The average Bonchev–Trinajstić information content (AvgIpc) is 2.70. The predicted octanol–water partition coefficient (Wildman–Crippen LogP) is 1.10. The van der Waals surface area contributed by atoms with Gasteiger partial charge in [-0.05, 0) is 18.9 Å². The summed E-state index contributed by atoms with van der Waals surface area (Å²) < 4.78 is 25.7. The van der Waals surface area contributed by atoms with Crippen LogP contribution in [0.2, 0.25) is 0 Å². The summed E-state index contributed by atoms with van der Waals surface area (Å²) in [5.74, 6) is 0.933. The van der Waals surface area contributed by atoms with Gasteiger partial charge in [0.25, 0.3) is 0 Å². The molecule has 96 valence electrons. The molecular weight excluding hydrogens is 224 g/mol. The minimum absolute atomic E-state index is 0.186. The molecule has 1 rings (SSSR count). The van der Waals surface area contributed by atoms with Crippen LogP contribution in [-0.2, 0) is 10.0 Å². The Bertz CT molecular complexity index is 272. The van der Waals surface area contributed by atoms with Crippen molar-refractivity contribution in [2.24, 2.45) is 5.92 Å². The van der Waals surface area contributed by atoms with Gasteiger partial charge in [0.2, 0.25) is 10.0 Å². The largest absolute Gasteiger partial charge is 0.316 e. The Morgan fingerprint density at radius 1 is 1.19 bits per heavy atom. The van der Waals surface area contributed by atoms with E-state index >= 15 is 0 Å². The van der Waals surface area contributed by atoms with E-state index in [1.54, 1.807) is 0 Å². The monoisotopic (exact) mass is 248 g/mol. The lowest BCUT2D eigenvalue weighted by Crippen LogP contribution is -2.33. The highest BCUT2D eigenvalue weighted by Crippen LogP contribution is 2.26. The highest BCUT2D eigenvalue weighted by molar-refractivity contribution is 7.89. The van der Waals surface area contributed by atoms with Crippen LogP contribution in [0.15, 0.2) is 0 Å². The van der Waals surface area contributed by atoms with Crippen LogP contribution in [0.25, 0.3) is 0 Å². The van der Waals surface area contributed by atoms with E-state index in [1.807, 2.05) is 6.92 Å². The van der Waals surface area contributed by atoms with Crippen molar-refractivity contribution < 1.29 is 8.42 Å². The first kappa shape index (κ1) is 13.9. The zero-order chi connectivity index (χ0) is 11.9. The Morgan fingerprint density at radius 2 is 1.88 bits per heavy atom. The maximum absolute atomic E-state index is 11.5. The quantitative estimate of drug-likeness (QED) is 0.632. The molecule has 0 saturated heterocycles. The number of sulfonamides is 1. The molecule has 0 unspecified atom stereocenters. The molecule has 0 spiro atoms. The van der Waals surface area contributed by atoms with Crippen molar-refractivity contribution >= 4 is 10.0 Å². The van der Waals surface area contributed by atoms with Crippen LogP contribution in [0.4, 0.5) is 0 Å². The summed E-state index contributed by atoms with van der Waals surface area (Å²) in [6.45, 7) is 3.94. The lowest BCUT2D eigenvalue weighted by molar-refractivity contribution is 0.495. The molecule has 0 aliphatic heterocycles. The molecule has 4 nitrogen and oxygen atoms in total. The number of hydrogen-bond acceptors (Lipinski definition) is 3. The van der Waals surface area contributed by atoms with Gasteiger partial charge in [0.05, 0.1) is 5.75 Å². The Labute approximate surface area is 99.2 Å². The highest BCUT2D eigenvalue weighted by Gasteiger charge is 2.16. The van der Waals surface area contributed by atoms with Crippen LogP contribution in [0.3, 0.4) is 0 Å². The summed E-state index contributed by atoms with van der Waals surface area (Å²) >= 11 is 0. The minimum Gasteiger partial charge on any atom is -0.316 e. The first-order valence-electron chi connectivity index (χ1n) is 6.32. The van der Waals surface area contributed by atoms with Gasteiger partial charge in [0, 0.05) is 13.1 Å². The Kier molecular flexibility index (Phi) is 6.31. The Morgan fingerprint density at radius 3 is 2.50 bits per heavy atom. The van der Waals surface area contributed by atoms with Crippen LogP contribution in [0.5, 0.6) is 0 Å². The van der Waals surface area contributed by atoms with E-state index < -0.39 is 10.0 Å². The molecule has 1 fully saturated rings. The molecule has 2 N–H and O–H groups in total. The van der Waals surface area contributed by atoms with E-state index in [4.69, 9.17) is 0 Å². The zero-order valence-corrected chi connectivity index (χ0v) is 11.0. The van der Waals surface area contributed by atoms with Crippen LogP contribution in [-0.4, -0.2) is 33.8 Å². The van der Waals surface area contributed by atoms with E-state index in [1.165, 1.54) is 25.7 Å². The molecule has 0 aromatic carbocycles. The molecule has 1 saturated carbocycles. The summed E-state index contributed by atoms with van der Waals surface area (Å²) in [5, 5.41) is 3.02. The van der Waals surface area contributed by atoms with Crippen molar-refractivity contribution in [1.29, 1.82) is 0 Å². The molecule has 0 bridgehead atoms. The SMILES string of the molecule is CCNCCS(=O)(=O)NCCC1CCCC1. The zero-order valence-electron chi connectivity index (χ0n) is 10.2. The minimum atomic E-state index is -3.06. The van der Waals surface area contributed by atoms with E-state index in [0.717, 1.165) is 18.9 Å². The summed E-state index contributed by atoms with van der Waals surface area (Å²) in [6.07, 6.45) is 6.19. The molecule has 5 heteroatoms. The first-order chi connectivity index (χ1) is 7.64. The smallest absolute Gasteiger partial charge is 0.212 e. The van der Waals surface area contributed by atoms with Crippen molar-refractivity contribution in [3.8, 4) is 0 Å². The summed E-state index contributed by atoms with van der Waals surface area (Å²) in [5.41, 5.74) is 0. The first-order valence-corrected chi connectivity index (χ1v) is 7.97. The summed E-state index contributed by atoms with van der Waals surface area (Å²) in [7, 11) is -3.06. The van der Waals surface area contributed by atoms with Crippen LogP contribution < -0.4 is 10.0 Å². The normalized spacial score (nSPS) is 18.1. The molecule has 1 aliphatic carbocycles. The Balaban J connectivity index is 2.09. The van der Waals surface area contributed by atoms with Gasteiger partial charge in [-0.15, -0.1) is 0 Å². The fraction of sp³-hybridized carbons (Fsp3) is 1.00. The van der Waals surface area contributed by atoms with Crippen LogP contribution in [0.1, 0.15) is 39.0 Å². The van der Waals surface area contributed by atoms with Gasteiger partial charge in [-0.3, -0.25) is 0 Å². The molecule has 0 aromatic heterocycles. The topological polar surface area (TPSA) is 58.2 Å². The molecule has 0 aromatic rings. The molecule has 0 heterocycles. The lowest BCUT2D eigenvalue weighted by atomic mass is 10.1.